The highest BCUT2D eigenvalue weighted by atomic mass is 127. The number of fused-ring (bicyclic) bond motifs is 1. The molecule has 2 aromatic rings. The maximum Gasteiger partial charge on any atom is 0.0257 e. The summed E-state index contributed by atoms with van der Waals surface area (Å²) in [5.41, 5.74) is 1.35. The summed E-state index contributed by atoms with van der Waals surface area (Å²) in [6.45, 7) is 2.16. The molecule has 0 atom stereocenters. The molecule has 0 aliphatic heterocycles. The molecule has 0 radical (unpaired) electrons. The second-order valence-corrected chi connectivity index (χ2v) is 4.92. The first-order chi connectivity index (χ1) is 6.33. The van der Waals surface area contributed by atoms with Crippen molar-refractivity contribution in [2.75, 3.05) is 0 Å². The maximum atomic E-state index is 2.33. The van der Waals surface area contributed by atoms with E-state index in [9.17, 15) is 0 Å². The Morgan fingerprint density at radius 3 is 2.38 bits per heavy atom. The van der Waals surface area contributed by atoms with Gasteiger partial charge in [0.1, 0.15) is 0 Å². The van der Waals surface area contributed by atoms with Crippen molar-refractivity contribution in [3.63, 3.8) is 0 Å². The van der Waals surface area contributed by atoms with Crippen LogP contribution >= 0.6 is 30.1 Å². The highest BCUT2D eigenvalue weighted by Gasteiger charge is 2.01. The molecule has 0 amide bonds. The van der Waals surface area contributed by atoms with Crippen molar-refractivity contribution in [3.05, 3.63) is 42.0 Å². The Balaban J connectivity index is 2.84. The summed E-state index contributed by atoms with van der Waals surface area (Å²) >= 11 is 2.33. The second-order valence-electron chi connectivity index (χ2n) is 3.00. The summed E-state index contributed by atoms with van der Waals surface area (Å²) in [5, 5.41) is 2.73. The number of hydrogen-bond acceptors (Lipinski definition) is 1. The topological polar surface area (TPSA) is 0 Å². The van der Waals surface area contributed by atoms with E-state index < -0.39 is 0 Å². The van der Waals surface area contributed by atoms with Gasteiger partial charge in [-0.25, -0.2) is 0 Å². The van der Waals surface area contributed by atoms with Crippen LogP contribution in [-0.2, 0) is 0 Å². The zero-order valence-electron chi connectivity index (χ0n) is 7.25. The Morgan fingerprint density at radius 2 is 1.69 bits per heavy atom. The van der Waals surface area contributed by atoms with Gasteiger partial charge in [-0.3, -0.25) is 0 Å². The van der Waals surface area contributed by atoms with E-state index in [1.807, 2.05) is 0 Å². The molecule has 2 aromatic carbocycles. The van der Waals surface area contributed by atoms with Gasteiger partial charge in [-0.2, -0.15) is 0 Å². The number of benzene rings is 2. The molecular formula is C11H9IS. The lowest BCUT2D eigenvalue weighted by molar-refractivity contribution is 1.46. The summed E-state index contributed by atoms with van der Waals surface area (Å²) in [4.78, 5) is 1.35. The Hall–Kier alpha value is -0.220. The summed E-state index contributed by atoms with van der Waals surface area (Å²) in [6, 6.07) is 12.9. The molecule has 0 nitrogen and oxygen atoms in total. The van der Waals surface area contributed by atoms with Gasteiger partial charge in [-0.1, -0.05) is 39.3 Å². The van der Waals surface area contributed by atoms with Gasteiger partial charge in [0, 0.05) is 26.1 Å². The van der Waals surface area contributed by atoms with E-state index >= 15 is 0 Å². The van der Waals surface area contributed by atoms with Crippen molar-refractivity contribution >= 4 is 40.9 Å². The average molecular weight is 300 g/mol. The first-order valence-corrected chi connectivity index (χ1v) is 7.46. The van der Waals surface area contributed by atoms with Gasteiger partial charge >= 0.3 is 0 Å². The third kappa shape index (κ3) is 1.70. The molecule has 0 fully saturated rings. The molecule has 0 aromatic heterocycles. The Bertz CT molecular complexity index is 437. The smallest absolute Gasteiger partial charge is 0.0257 e. The zero-order valence-corrected chi connectivity index (χ0v) is 10.2. The SMILES string of the molecule is Cc1ccc(SI)c2ccccc12. The minimum Gasteiger partial charge on any atom is -0.0616 e. The monoisotopic (exact) mass is 300 g/mol. The Morgan fingerprint density at radius 1 is 1.00 bits per heavy atom. The highest BCUT2D eigenvalue weighted by Crippen LogP contribution is 2.33. The molecule has 2 heteroatoms. The summed E-state index contributed by atoms with van der Waals surface area (Å²) in [7, 11) is 1.78. The van der Waals surface area contributed by atoms with Crippen molar-refractivity contribution in [3.8, 4) is 0 Å². The fraction of sp³-hybridized carbons (Fsp3) is 0.0909. The molecule has 2 rings (SSSR count). The molecule has 0 spiro atoms. The van der Waals surface area contributed by atoms with Gasteiger partial charge < -0.3 is 0 Å². The molecule has 0 saturated carbocycles. The molecule has 0 bridgehead atoms. The van der Waals surface area contributed by atoms with E-state index in [4.69, 9.17) is 0 Å². The molecule has 66 valence electrons. The van der Waals surface area contributed by atoms with Gasteiger partial charge in [-0.05, 0) is 29.3 Å². The largest absolute Gasteiger partial charge is 0.0616 e. The van der Waals surface area contributed by atoms with Gasteiger partial charge in [0.2, 0.25) is 0 Å². The van der Waals surface area contributed by atoms with Crippen molar-refractivity contribution < 1.29 is 0 Å². The highest BCUT2D eigenvalue weighted by molar-refractivity contribution is 14.2. The number of hydrogen-bond donors (Lipinski definition) is 0. The third-order valence-electron chi connectivity index (χ3n) is 2.19. The Kier molecular flexibility index (Phi) is 2.79. The van der Waals surface area contributed by atoms with Crippen molar-refractivity contribution in [2.45, 2.75) is 11.8 Å². The lowest BCUT2D eigenvalue weighted by atomic mass is 10.1. The summed E-state index contributed by atoms with van der Waals surface area (Å²) in [5.74, 6) is 0. The first-order valence-electron chi connectivity index (χ1n) is 4.10. The summed E-state index contributed by atoms with van der Waals surface area (Å²) < 4.78 is 0. The van der Waals surface area contributed by atoms with Crippen LogP contribution in [0.25, 0.3) is 10.8 Å². The van der Waals surface area contributed by atoms with Crippen molar-refractivity contribution in [2.24, 2.45) is 0 Å². The fourth-order valence-electron chi connectivity index (χ4n) is 1.49. The predicted molar refractivity (Wildman–Crippen MR) is 68.6 cm³/mol. The Labute approximate surface area is 94.3 Å². The lowest BCUT2D eigenvalue weighted by Crippen LogP contribution is -1.79. The van der Waals surface area contributed by atoms with E-state index in [0.717, 1.165) is 0 Å². The first kappa shape index (κ1) is 9.34. The molecule has 13 heavy (non-hydrogen) atoms. The van der Waals surface area contributed by atoms with E-state index in [2.05, 4.69) is 64.5 Å². The maximum absolute atomic E-state index is 2.33. The van der Waals surface area contributed by atoms with Gasteiger partial charge in [0.05, 0.1) is 0 Å². The van der Waals surface area contributed by atoms with E-state index in [1.54, 1.807) is 8.93 Å². The molecule has 0 aliphatic rings. The normalized spacial score (nSPS) is 10.6. The molecule has 0 aliphatic carbocycles. The number of rotatable bonds is 1. The van der Waals surface area contributed by atoms with Crippen LogP contribution in [0.15, 0.2) is 41.3 Å². The van der Waals surface area contributed by atoms with Crippen LogP contribution in [-0.4, -0.2) is 0 Å². The van der Waals surface area contributed by atoms with Crippen LogP contribution < -0.4 is 0 Å². The van der Waals surface area contributed by atoms with E-state index in [0.29, 0.717) is 0 Å². The van der Waals surface area contributed by atoms with Gasteiger partial charge in [0.15, 0.2) is 0 Å². The zero-order chi connectivity index (χ0) is 9.26. The van der Waals surface area contributed by atoms with E-state index in [1.165, 1.54) is 21.2 Å². The molecule has 0 unspecified atom stereocenters. The second kappa shape index (κ2) is 3.88. The van der Waals surface area contributed by atoms with Crippen LogP contribution in [0.1, 0.15) is 5.56 Å². The van der Waals surface area contributed by atoms with Crippen molar-refractivity contribution in [1.82, 2.24) is 0 Å². The molecular weight excluding hydrogens is 291 g/mol. The van der Waals surface area contributed by atoms with Crippen LogP contribution in [0.4, 0.5) is 0 Å². The summed E-state index contributed by atoms with van der Waals surface area (Å²) in [6.07, 6.45) is 0. The fourth-order valence-corrected chi connectivity index (χ4v) is 3.02. The van der Waals surface area contributed by atoms with Gasteiger partial charge in [-0.15, -0.1) is 0 Å². The number of aryl methyl sites for hydroxylation is 1. The molecule has 0 heterocycles. The van der Waals surface area contributed by atoms with Crippen LogP contribution in [0.3, 0.4) is 0 Å². The molecule has 0 N–H and O–H groups in total. The molecule has 0 saturated heterocycles. The number of halogens is 1. The van der Waals surface area contributed by atoms with Gasteiger partial charge in [0.25, 0.3) is 0 Å². The lowest BCUT2D eigenvalue weighted by Gasteiger charge is -2.04. The average Bonchev–Trinajstić information content (AvgIpc) is 2.19. The van der Waals surface area contributed by atoms with Crippen molar-refractivity contribution in [1.29, 1.82) is 0 Å². The standard InChI is InChI=1S/C11H9IS/c1-8-6-7-11(13-12)10-5-3-2-4-9(8)10/h2-7H,1H3. The van der Waals surface area contributed by atoms with Crippen LogP contribution in [0, 0.1) is 6.92 Å². The minimum absolute atomic E-state index is 1.35. The van der Waals surface area contributed by atoms with Crippen LogP contribution in [0.2, 0.25) is 0 Å². The third-order valence-corrected chi connectivity index (χ3v) is 4.13. The minimum atomic E-state index is 1.35. The van der Waals surface area contributed by atoms with E-state index in [-0.39, 0.29) is 0 Å². The quantitative estimate of drug-likeness (QED) is 0.694. The van der Waals surface area contributed by atoms with Crippen LogP contribution in [0.5, 0.6) is 0 Å². The predicted octanol–water partition coefficient (Wildman–Crippen LogP) is 4.59.